The maximum absolute atomic E-state index is 6.11. The average molecular weight is 269 g/mol. The van der Waals surface area contributed by atoms with Crippen molar-refractivity contribution in [3.63, 3.8) is 0 Å². The zero-order valence-electron chi connectivity index (χ0n) is 8.46. The van der Waals surface area contributed by atoms with E-state index in [0.29, 0.717) is 0 Å². The van der Waals surface area contributed by atoms with Gasteiger partial charge in [0.1, 0.15) is 11.4 Å². The summed E-state index contributed by atoms with van der Waals surface area (Å²) in [6.07, 6.45) is 3.04. The first-order valence-corrected chi connectivity index (χ1v) is 6.13. The van der Waals surface area contributed by atoms with E-state index >= 15 is 0 Å². The Morgan fingerprint density at radius 2 is 2.00 bits per heavy atom. The van der Waals surface area contributed by atoms with Gasteiger partial charge >= 0.3 is 0 Å². The molecule has 1 aromatic carbocycles. The fourth-order valence-corrected chi connectivity index (χ4v) is 2.91. The highest BCUT2D eigenvalue weighted by Crippen LogP contribution is 2.43. The van der Waals surface area contributed by atoms with Crippen LogP contribution in [0.5, 0.6) is 5.75 Å². The van der Waals surface area contributed by atoms with Gasteiger partial charge in [0, 0.05) is 29.3 Å². The van der Waals surface area contributed by atoms with Crippen LogP contribution in [0.2, 0.25) is 0 Å². The van der Waals surface area contributed by atoms with Crippen molar-refractivity contribution in [2.45, 2.75) is 24.9 Å². The molecule has 2 heterocycles. The molecular formula is C12H13BrO2. The molecule has 0 radical (unpaired) electrons. The van der Waals surface area contributed by atoms with Crippen LogP contribution in [0.1, 0.15) is 18.4 Å². The van der Waals surface area contributed by atoms with Crippen LogP contribution >= 0.6 is 15.9 Å². The van der Waals surface area contributed by atoms with E-state index in [1.165, 1.54) is 10.0 Å². The second kappa shape index (κ2) is 3.49. The minimum atomic E-state index is 0.0183. The average Bonchev–Trinajstić information content (AvgIpc) is 2.59. The molecule has 0 saturated carbocycles. The van der Waals surface area contributed by atoms with Gasteiger partial charge in [0.25, 0.3) is 0 Å². The number of benzene rings is 1. The van der Waals surface area contributed by atoms with Crippen LogP contribution in [0.25, 0.3) is 0 Å². The van der Waals surface area contributed by atoms with Crippen molar-refractivity contribution >= 4 is 15.9 Å². The van der Waals surface area contributed by atoms with Crippen molar-refractivity contribution in [2.24, 2.45) is 0 Å². The Morgan fingerprint density at radius 3 is 2.73 bits per heavy atom. The third-order valence-electron chi connectivity index (χ3n) is 3.31. The van der Waals surface area contributed by atoms with Gasteiger partial charge in [-0.1, -0.05) is 22.0 Å². The Labute approximate surface area is 97.7 Å². The molecule has 0 aliphatic carbocycles. The van der Waals surface area contributed by atoms with E-state index in [0.717, 1.165) is 38.2 Å². The lowest BCUT2D eigenvalue weighted by molar-refractivity contribution is -0.0330. The molecule has 3 rings (SSSR count). The van der Waals surface area contributed by atoms with Crippen molar-refractivity contribution < 1.29 is 9.47 Å². The van der Waals surface area contributed by atoms with E-state index < -0.39 is 0 Å². The van der Waals surface area contributed by atoms with E-state index in [2.05, 4.69) is 28.1 Å². The zero-order chi connectivity index (χ0) is 10.3. The van der Waals surface area contributed by atoms with E-state index in [1.807, 2.05) is 6.07 Å². The molecule has 0 bridgehead atoms. The highest BCUT2D eigenvalue weighted by molar-refractivity contribution is 9.10. The Bertz CT molecular complexity index is 383. The molecule has 80 valence electrons. The molecular weight excluding hydrogens is 256 g/mol. The number of fused-ring (bicyclic) bond motifs is 1. The number of ether oxygens (including phenoxy) is 2. The largest absolute Gasteiger partial charge is 0.486 e. The molecule has 15 heavy (non-hydrogen) atoms. The van der Waals surface area contributed by atoms with Crippen LogP contribution in [0.4, 0.5) is 0 Å². The summed E-state index contributed by atoms with van der Waals surface area (Å²) in [5.41, 5.74) is 1.34. The molecule has 1 aromatic rings. The van der Waals surface area contributed by atoms with Gasteiger partial charge in [-0.25, -0.2) is 0 Å². The first-order valence-electron chi connectivity index (χ1n) is 5.33. The van der Waals surface area contributed by atoms with Crippen LogP contribution in [0.3, 0.4) is 0 Å². The quantitative estimate of drug-likeness (QED) is 0.721. The van der Waals surface area contributed by atoms with Gasteiger partial charge < -0.3 is 9.47 Å². The van der Waals surface area contributed by atoms with Gasteiger partial charge in [0.2, 0.25) is 0 Å². The SMILES string of the molecule is Brc1cccc2c1CC1(CCOCC1)O2. The highest BCUT2D eigenvalue weighted by Gasteiger charge is 2.41. The van der Waals surface area contributed by atoms with E-state index in [1.54, 1.807) is 0 Å². The lowest BCUT2D eigenvalue weighted by Gasteiger charge is -2.32. The normalized spacial score (nSPS) is 22.5. The molecule has 1 fully saturated rings. The lowest BCUT2D eigenvalue weighted by Crippen LogP contribution is -2.40. The maximum atomic E-state index is 6.11. The van der Waals surface area contributed by atoms with Crippen LogP contribution < -0.4 is 4.74 Å². The van der Waals surface area contributed by atoms with Gasteiger partial charge in [-0.2, -0.15) is 0 Å². The fourth-order valence-electron chi connectivity index (χ4n) is 2.42. The standard InChI is InChI=1S/C12H13BrO2/c13-10-2-1-3-11-9(10)8-12(15-11)4-6-14-7-5-12/h1-3H,4-8H2. The summed E-state index contributed by atoms with van der Waals surface area (Å²) in [5, 5.41) is 0. The molecule has 0 N–H and O–H groups in total. The molecule has 0 unspecified atom stereocenters. The third kappa shape index (κ3) is 1.58. The molecule has 0 atom stereocenters. The molecule has 1 saturated heterocycles. The summed E-state index contributed by atoms with van der Waals surface area (Å²) in [6.45, 7) is 1.65. The van der Waals surface area contributed by atoms with Crippen molar-refractivity contribution in [3.8, 4) is 5.75 Å². The van der Waals surface area contributed by atoms with Gasteiger partial charge in [0.05, 0.1) is 13.2 Å². The minimum absolute atomic E-state index is 0.0183. The molecule has 0 aromatic heterocycles. The summed E-state index contributed by atoms with van der Waals surface area (Å²) >= 11 is 3.59. The van der Waals surface area contributed by atoms with Crippen molar-refractivity contribution in [3.05, 3.63) is 28.2 Å². The smallest absolute Gasteiger partial charge is 0.124 e. The minimum Gasteiger partial charge on any atom is -0.486 e. The summed E-state index contributed by atoms with van der Waals surface area (Å²) in [6, 6.07) is 6.17. The lowest BCUT2D eigenvalue weighted by atomic mass is 9.89. The van der Waals surface area contributed by atoms with Crippen LogP contribution in [-0.2, 0) is 11.2 Å². The molecule has 2 aliphatic heterocycles. The van der Waals surface area contributed by atoms with Gasteiger partial charge in [0.15, 0.2) is 0 Å². The Kier molecular flexibility index (Phi) is 2.25. The zero-order valence-corrected chi connectivity index (χ0v) is 10.0. The summed E-state index contributed by atoms with van der Waals surface area (Å²) in [4.78, 5) is 0. The number of hydrogen-bond donors (Lipinski definition) is 0. The maximum Gasteiger partial charge on any atom is 0.124 e. The Hall–Kier alpha value is -0.540. The molecule has 2 aliphatic rings. The van der Waals surface area contributed by atoms with E-state index in [4.69, 9.17) is 9.47 Å². The molecule has 2 nitrogen and oxygen atoms in total. The van der Waals surface area contributed by atoms with Crippen molar-refractivity contribution in [1.29, 1.82) is 0 Å². The van der Waals surface area contributed by atoms with Gasteiger partial charge in [-0.3, -0.25) is 0 Å². The monoisotopic (exact) mass is 268 g/mol. The highest BCUT2D eigenvalue weighted by atomic mass is 79.9. The summed E-state index contributed by atoms with van der Waals surface area (Å²) in [5.74, 6) is 1.05. The molecule has 1 spiro atoms. The first-order chi connectivity index (χ1) is 7.29. The van der Waals surface area contributed by atoms with Gasteiger partial charge in [-0.15, -0.1) is 0 Å². The molecule has 0 amide bonds. The predicted molar refractivity (Wildman–Crippen MR) is 61.3 cm³/mol. The van der Waals surface area contributed by atoms with Gasteiger partial charge in [-0.05, 0) is 12.1 Å². The van der Waals surface area contributed by atoms with Crippen molar-refractivity contribution in [1.82, 2.24) is 0 Å². The topological polar surface area (TPSA) is 18.5 Å². The van der Waals surface area contributed by atoms with Crippen LogP contribution in [0, 0.1) is 0 Å². The predicted octanol–water partition coefficient (Wildman–Crippen LogP) is 2.93. The van der Waals surface area contributed by atoms with E-state index in [-0.39, 0.29) is 5.60 Å². The molecule has 3 heteroatoms. The fraction of sp³-hybridized carbons (Fsp3) is 0.500. The third-order valence-corrected chi connectivity index (χ3v) is 4.05. The number of halogens is 1. The number of rotatable bonds is 0. The number of hydrogen-bond acceptors (Lipinski definition) is 2. The second-order valence-electron chi connectivity index (χ2n) is 4.29. The van der Waals surface area contributed by atoms with Crippen LogP contribution in [-0.4, -0.2) is 18.8 Å². The Morgan fingerprint density at radius 1 is 1.20 bits per heavy atom. The summed E-state index contributed by atoms with van der Waals surface area (Å²) in [7, 11) is 0. The van der Waals surface area contributed by atoms with Crippen LogP contribution in [0.15, 0.2) is 22.7 Å². The van der Waals surface area contributed by atoms with E-state index in [9.17, 15) is 0 Å². The Balaban J connectivity index is 1.94. The summed E-state index contributed by atoms with van der Waals surface area (Å²) < 4.78 is 12.7. The second-order valence-corrected chi connectivity index (χ2v) is 5.15. The van der Waals surface area contributed by atoms with Crippen molar-refractivity contribution in [2.75, 3.05) is 13.2 Å². The first kappa shape index (κ1) is 9.67.